The molecule has 3 aromatic rings. The standard InChI is InChI=1S/C27H22N2O4/c1-15-9-11-18(16(2)14-15)29-26(31)22-20-12-10-17-6-3-4-7-19(17)28(20)24(23(22)27(29)32)25(30)21-8-5-13-33-21/h3-14,20,22-24H,1-2H3. The van der Waals surface area contributed by atoms with Crippen LogP contribution >= 0.6 is 0 Å². The largest absolute Gasteiger partial charge is 0.461 e. The van der Waals surface area contributed by atoms with Gasteiger partial charge < -0.3 is 9.32 Å². The van der Waals surface area contributed by atoms with Gasteiger partial charge in [0.15, 0.2) is 5.76 Å². The van der Waals surface area contributed by atoms with Crippen molar-refractivity contribution in [1.82, 2.24) is 0 Å². The van der Waals surface area contributed by atoms with Gasteiger partial charge in [-0.3, -0.25) is 14.4 Å². The zero-order chi connectivity index (χ0) is 22.9. The number of imide groups is 1. The van der Waals surface area contributed by atoms with E-state index in [0.29, 0.717) is 5.69 Å². The van der Waals surface area contributed by atoms with Crippen LogP contribution in [0.25, 0.3) is 6.08 Å². The summed E-state index contributed by atoms with van der Waals surface area (Å²) in [4.78, 5) is 44.5. The Balaban J connectivity index is 1.51. The lowest BCUT2D eigenvalue weighted by Gasteiger charge is -2.36. The predicted octanol–water partition coefficient (Wildman–Crippen LogP) is 4.17. The van der Waals surface area contributed by atoms with E-state index in [-0.39, 0.29) is 29.4 Å². The molecular formula is C27H22N2O4. The van der Waals surface area contributed by atoms with Crippen LogP contribution in [0.4, 0.5) is 11.4 Å². The summed E-state index contributed by atoms with van der Waals surface area (Å²) in [6.07, 6.45) is 5.38. The molecule has 2 aromatic carbocycles. The topological polar surface area (TPSA) is 70.8 Å². The Morgan fingerprint density at radius 1 is 0.909 bits per heavy atom. The van der Waals surface area contributed by atoms with E-state index in [1.807, 2.05) is 73.4 Å². The van der Waals surface area contributed by atoms with Gasteiger partial charge >= 0.3 is 0 Å². The zero-order valence-corrected chi connectivity index (χ0v) is 18.3. The number of anilines is 2. The minimum absolute atomic E-state index is 0.191. The fourth-order valence-electron chi connectivity index (χ4n) is 5.67. The number of furan rings is 1. The Labute approximate surface area is 191 Å². The van der Waals surface area contributed by atoms with Crippen molar-refractivity contribution in [3.8, 4) is 0 Å². The molecule has 0 N–H and O–H groups in total. The third-order valence-corrected chi connectivity index (χ3v) is 7.04. The van der Waals surface area contributed by atoms with Crippen LogP contribution in [-0.2, 0) is 9.59 Å². The molecule has 0 saturated carbocycles. The molecule has 33 heavy (non-hydrogen) atoms. The number of Topliss-reactive ketones (excluding diaryl/α,β-unsaturated/α-hetero) is 1. The summed E-state index contributed by atoms with van der Waals surface area (Å²) >= 11 is 0. The molecule has 3 aliphatic rings. The zero-order valence-electron chi connectivity index (χ0n) is 18.3. The van der Waals surface area contributed by atoms with E-state index < -0.39 is 17.9 Å². The SMILES string of the molecule is Cc1ccc(N2C(=O)C3C(C2=O)C(C(=O)c2ccco2)N2c4ccccc4C=CC32)c(C)c1. The van der Waals surface area contributed by atoms with Crippen molar-refractivity contribution in [2.24, 2.45) is 11.8 Å². The Kier molecular flexibility index (Phi) is 4.21. The van der Waals surface area contributed by atoms with Crippen molar-refractivity contribution in [1.29, 1.82) is 0 Å². The number of para-hydroxylation sites is 1. The molecule has 0 spiro atoms. The molecule has 164 valence electrons. The first-order valence-electron chi connectivity index (χ1n) is 11.1. The maximum absolute atomic E-state index is 13.8. The fraction of sp³-hybridized carbons (Fsp3) is 0.222. The van der Waals surface area contributed by atoms with Gasteiger partial charge in [0.25, 0.3) is 0 Å². The van der Waals surface area contributed by atoms with Crippen LogP contribution in [0.3, 0.4) is 0 Å². The van der Waals surface area contributed by atoms with Gasteiger partial charge in [0.05, 0.1) is 29.8 Å². The normalized spacial score (nSPS) is 25.3. The summed E-state index contributed by atoms with van der Waals surface area (Å²) < 4.78 is 5.43. The van der Waals surface area contributed by atoms with E-state index in [2.05, 4.69) is 0 Å². The van der Waals surface area contributed by atoms with Gasteiger partial charge in [0.2, 0.25) is 17.6 Å². The predicted molar refractivity (Wildman–Crippen MR) is 124 cm³/mol. The smallest absolute Gasteiger partial charge is 0.240 e. The summed E-state index contributed by atoms with van der Waals surface area (Å²) in [6.45, 7) is 3.87. The molecule has 2 amide bonds. The van der Waals surface area contributed by atoms with Gasteiger partial charge in [0, 0.05) is 5.69 Å². The Morgan fingerprint density at radius 2 is 1.70 bits per heavy atom. The van der Waals surface area contributed by atoms with Gasteiger partial charge in [-0.2, -0.15) is 0 Å². The van der Waals surface area contributed by atoms with Gasteiger partial charge in [-0.1, -0.05) is 48.0 Å². The second kappa shape index (κ2) is 7.04. The number of fused-ring (bicyclic) bond motifs is 5. The molecule has 6 nitrogen and oxygen atoms in total. The Morgan fingerprint density at radius 3 is 2.45 bits per heavy atom. The Bertz CT molecular complexity index is 1340. The van der Waals surface area contributed by atoms with E-state index in [4.69, 9.17) is 4.42 Å². The number of carbonyl (C=O) groups excluding carboxylic acids is 3. The molecule has 2 fully saturated rings. The van der Waals surface area contributed by atoms with Crippen LogP contribution in [0, 0.1) is 25.7 Å². The maximum Gasteiger partial charge on any atom is 0.240 e. The van der Waals surface area contributed by atoms with Gasteiger partial charge in [0.1, 0.15) is 6.04 Å². The summed E-state index contributed by atoms with van der Waals surface area (Å²) in [7, 11) is 0. The van der Waals surface area contributed by atoms with Crippen molar-refractivity contribution in [2.45, 2.75) is 25.9 Å². The molecule has 0 bridgehead atoms. The number of hydrogen-bond donors (Lipinski definition) is 0. The highest BCUT2D eigenvalue weighted by molar-refractivity contribution is 6.25. The van der Waals surface area contributed by atoms with Gasteiger partial charge in [-0.25, -0.2) is 4.90 Å². The van der Waals surface area contributed by atoms with Crippen LogP contribution in [0.15, 0.2) is 71.4 Å². The molecule has 4 heterocycles. The maximum atomic E-state index is 13.8. The van der Waals surface area contributed by atoms with E-state index in [0.717, 1.165) is 22.4 Å². The number of benzene rings is 2. The van der Waals surface area contributed by atoms with Crippen LogP contribution in [-0.4, -0.2) is 29.7 Å². The summed E-state index contributed by atoms with van der Waals surface area (Å²) in [5.74, 6) is -2.13. The quantitative estimate of drug-likeness (QED) is 0.453. The lowest BCUT2D eigenvalue weighted by Crippen LogP contribution is -2.48. The van der Waals surface area contributed by atoms with Crippen molar-refractivity contribution >= 4 is 35.0 Å². The van der Waals surface area contributed by atoms with E-state index in [1.165, 1.54) is 11.2 Å². The molecule has 4 unspecified atom stereocenters. The number of ketones is 1. The van der Waals surface area contributed by atoms with Crippen molar-refractivity contribution in [3.63, 3.8) is 0 Å². The minimum Gasteiger partial charge on any atom is -0.461 e. The van der Waals surface area contributed by atoms with Crippen LogP contribution in [0.2, 0.25) is 0 Å². The minimum atomic E-state index is -0.829. The van der Waals surface area contributed by atoms with Gasteiger partial charge in [-0.05, 0) is 49.2 Å². The van der Waals surface area contributed by atoms with Crippen molar-refractivity contribution in [2.75, 3.05) is 9.80 Å². The number of nitrogens with zero attached hydrogens (tertiary/aromatic N) is 2. The summed E-state index contributed by atoms with van der Waals surface area (Å²) in [6, 6.07) is 15.5. The summed E-state index contributed by atoms with van der Waals surface area (Å²) in [5, 5.41) is 0. The number of amides is 2. The number of aryl methyl sites for hydroxylation is 2. The average Bonchev–Trinajstić information content (AvgIpc) is 3.51. The fourth-order valence-corrected chi connectivity index (χ4v) is 5.67. The van der Waals surface area contributed by atoms with Crippen LogP contribution in [0.5, 0.6) is 0 Å². The third kappa shape index (κ3) is 2.70. The number of carbonyl (C=O) groups is 3. The van der Waals surface area contributed by atoms with Gasteiger partial charge in [-0.15, -0.1) is 0 Å². The van der Waals surface area contributed by atoms with E-state index in [9.17, 15) is 14.4 Å². The monoisotopic (exact) mass is 438 g/mol. The van der Waals surface area contributed by atoms with E-state index >= 15 is 0 Å². The molecule has 4 atom stereocenters. The van der Waals surface area contributed by atoms with Crippen LogP contribution in [0.1, 0.15) is 27.2 Å². The molecule has 0 radical (unpaired) electrons. The molecule has 6 rings (SSSR count). The third-order valence-electron chi connectivity index (χ3n) is 7.04. The first-order chi connectivity index (χ1) is 16.0. The van der Waals surface area contributed by atoms with Crippen molar-refractivity contribution in [3.05, 3.63) is 89.4 Å². The highest BCUT2D eigenvalue weighted by Crippen LogP contribution is 2.50. The molecular weight excluding hydrogens is 416 g/mol. The molecule has 0 aliphatic carbocycles. The van der Waals surface area contributed by atoms with E-state index in [1.54, 1.807) is 12.1 Å². The molecule has 3 aliphatic heterocycles. The lowest BCUT2D eigenvalue weighted by molar-refractivity contribution is -0.122. The Hall–Kier alpha value is -3.93. The van der Waals surface area contributed by atoms with Crippen molar-refractivity contribution < 1.29 is 18.8 Å². The highest BCUT2D eigenvalue weighted by atomic mass is 16.3. The lowest BCUT2D eigenvalue weighted by atomic mass is 9.87. The van der Waals surface area contributed by atoms with Crippen LogP contribution < -0.4 is 9.80 Å². The molecule has 1 aromatic heterocycles. The first kappa shape index (κ1) is 19.7. The second-order valence-electron chi connectivity index (χ2n) is 8.96. The highest BCUT2D eigenvalue weighted by Gasteiger charge is 2.64. The number of hydrogen-bond acceptors (Lipinski definition) is 5. The number of rotatable bonds is 3. The molecule has 2 saturated heterocycles. The average molecular weight is 438 g/mol. The first-order valence-corrected chi connectivity index (χ1v) is 11.1. The second-order valence-corrected chi connectivity index (χ2v) is 8.96. The molecule has 6 heteroatoms. The summed E-state index contributed by atoms with van der Waals surface area (Å²) in [5.41, 5.74) is 4.30.